The lowest BCUT2D eigenvalue weighted by Gasteiger charge is -2.18. The predicted octanol–water partition coefficient (Wildman–Crippen LogP) is 4.53. The van der Waals surface area contributed by atoms with E-state index in [1.54, 1.807) is 17.4 Å². The van der Waals surface area contributed by atoms with Gasteiger partial charge in [-0.25, -0.2) is 0 Å². The molecule has 5 heteroatoms. The van der Waals surface area contributed by atoms with Crippen molar-refractivity contribution in [3.63, 3.8) is 0 Å². The van der Waals surface area contributed by atoms with Gasteiger partial charge in [0, 0.05) is 35.0 Å². The number of ether oxygens (including phenoxy) is 2. The third-order valence-corrected chi connectivity index (χ3v) is 5.22. The van der Waals surface area contributed by atoms with Gasteiger partial charge in [-0.1, -0.05) is 6.07 Å². The molecule has 1 aliphatic rings. The summed E-state index contributed by atoms with van der Waals surface area (Å²) in [4.78, 5) is 15.6. The Balaban J connectivity index is 1.78. The summed E-state index contributed by atoms with van der Waals surface area (Å²) in [6, 6.07) is 8.07. The van der Waals surface area contributed by atoms with E-state index < -0.39 is 0 Å². The van der Waals surface area contributed by atoms with E-state index in [2.05, 4.69) is 13.0 Å². The van der Waals surface area contributed by atoms with Gasteiger partial charge < -0.3 is 14.4 Å². The van der Waals surface area contributed by atoms with Crippen LogP contribution < -0.4 is 9.47 Å². The first-order valence-corrected chi connectivity index (χ1v) is 9.94. The van der Waals surface area contributed by atoms with Crippen LogP contribution in [0.1, 0.15) is 36.8 Å². The van der Waals surface area contributed by atoms with Gasteiger partial charge in [0.1, 0.15) is 17.6 Å². The molecule has 0 saturated carbocycles. The summed E-state index contributed by atoms with van der Waals surface area (Å²) in [5, 5.41) is 2.03. The summed E-state index contributed by atoms with van der Waals surface area (Å²) in [7, 11) is 0. The smallest absolute Gasteiger partial charge is 0.246 e. The SMILES string of the molecule is CCOc1cc2c(cc1/C=C/C(=O)N(CC)Cc1cccs1)OC(C)C2. The number of hydrogen-bond donors (Lipinski definition) is 0. The largest absolute Gasteiger partial charge is 0.493 e. The van der Waals surface area contributed by atoms with E-state index in [0.717, 1.165) is 29.0 Å². The summed E-state index contributed by atoms with van der Waals surface area (Å²) in [5.41, 5.74) is 2.04. The van der Waals surface area contributed by atoms with Gasteiger partial charge in [0.15, 0.2) is 0 Å². The lowest BCUT2D eigenvalue weighted by Crippen LogP contribution is -2.28. The number of benzene rings is 1. The minimum atomic E-state index is -0.00173. The van der Waals surface area contributed by atoms with Crippen molar-refractivity contribution in [2.24, 2.45) is 0 Å². The van der Waals surface area contributed by atoms with E-state index in [4.69, 9.17) is 9.47 Å². The Kier molecular flexibility index (Phi) is 5.99. The predicted molar refractivity (Wildman–Crippen MR) is 106 cm³/mol. The molecule has 3 rings (SSSR count). The van der Waals surface area contributed by atoms with Crippen LogP contribution in [0.2, 0.25) is 0 Å². The molecule has 1 aromatic carbocycles. The fourth-order valence-corrected chi connectivity index (χ4v) is 3.79. The van der Waals surface area contributed by atoms with Gasteiger partial charge in [0.05, 0.1) is 13.2 Å². The molecule has 2 heterocycles. The number of amides is 1. The topological polar surface area (TPSA) is 38.8 Å². The number of hydrogen-bond acceptors (Lipinski definition) is 4. The first-order chi connectivity index (χ1) is 12.6. The van der Waals surface area contributed by atoms with Crippen molar-refractivity contribution in [3.05, 3.63) is 51.7 Å². The second-order valence-electron chi connectivity index (χ2n) is 6.33. The Morgan fingerprint density at radius 1 is 1.42 bits per heavy atom. The Hall–Kier alpha value is -2.27. The zero-order valence-corrected chi connectivity index (χ0v) is 16.3. The first kappa shape index (κ1) is 18.5. The normalized spacial score (nSPS) is 15.7. The van der Waals surface area contributed by atoms with Crippen molar-refractivity contribution in [1.29, 1.82) is 0 Å². The van der Waals surface area contributed by atoms with Gasteiger partial charge in [-0.15, -0.1) is 11.3 Å². The van der Waals surface area contributed by atoms with Gasteiger partial charge in [0.2, 0.25) is 5.91 Å². The van der Waals surface area contributed by atoms with Crippen molar-refractivity contribution in [2.45, 2.75) is 39.8 Å². The summed E-state index contributed by atoms with van der Waals surface area (Å²) < 4.78 is 11.6. The zero-order valence-electron chi connectivity index (χ0n) is 15.5. The summed E-state index contributed by atoms with van der Waals surface area (Å²) in [6.07, 6.45) is 4.53. The van der Waals surface area contributed by atoms with Crippen LogP contribution in [-0.4, -0.2) is 30.1 Å². The second kappa shape index (κ2) is 8.41. The number of fused-ring (bicyclic) bond motifs is 1. The van der Waals surface area contributed by atoms with Crippen molar-refractivity contribution in [1.82, 2.24) is 4.90 Å². The van der Waals surface area contributed by atoms with Crippen LogP contribution in [0.4, 0.5) is 0 Å². The fraction of sp³-hybridized carbons (Fsp3) is 0.381. The highest BCUT2D eigenvalue weighted by Crippen LogP contribution is 2.35. The number of carbonyl (C=O) groups is 1. The Morgan fingerprint density at radius 3 is 2.96 bits per heavy atom. The molecule has 0 fully saturated rings. The molecule has 2 aromatic rings. The zero-order chi connectivity index (χ0) is 18.5. The van der Waals surface area contributed by atoms with Crippen molar-refractivity contribution in [3.8, 4) is 11.5 Å². The molecular weight excluding hydrogens is 346 g/mol. The van der Waals surface area contributed by atoms with Crippen LogP contribution in [0.5, 0.6) is 11.5 Å². The Labute approximate surface area is 159 Å². The molecule has 4 nitrogen and oxygen atoms in total. The van der Waals surface area contributed by atoms with Crippen LogP contribution in [0, 0.1) is 0 Å². The van der Waals surface area contributed by atoms with E-state index in [0.29, 0.717) is 19.7 Å². The second-order valence-corrected chi connectivity index (χ2v) is 7.36. The van der Waals surface area contributed by atoms with Gasteiger partial charge in [-0.05, 0) is 50.4 Å². The number of rotatable bonds is 7. The van der Waals surface area contributed by atoms with Crippen molar-refractivity contribution >= 4 is 23.3 Å². The number of likely N-dealkylation sites (N-methyl/N-ethyl adjacent to an activating group) is 1. The molecule has 1 aliphatic heterocycles. The quantitative estimate of drug-likeness (QED) is 0.671. The third-order valence-electron chi connectivity index (χ3n) is 4.35. The first-order valence-electron chi connectivity index (χ1n) is 9.06. The van der Waals surface area contributed by atoms with Crippen LogP contribution in [0.25, 0.3) is 6.08 Å². The van der Waals surface area contributed by atoms with Crippen LogP contribution in [0.15, 0.2) is 35.7 Å². The highest BCUT2D eigenvalue weighted by atomic mass is 32.1. The maximum atomic E-state index is 12.6. The van der Waals surface area contributed by atoms with Crippen LogP contribution in [-0.2, 0) is 17.8 Å². The van der Waals surface area contributed by atoms with Gasteiger partial charge in [-0.3, -0.25) is 4.79 Å². The average Bonchev–Trinajstić information content (AvgIpc) is 3.25. The monoisotopic (exact) mass is 371 g/mol. The van der Waals surface area contributed by atoms with E-state index in [9.17, 15) is 4.79 Å². The summed E-state index contributed by atoms with van der Waals surface area (Å²) in [6.45, 7) is 7.91. The molecule has 1 aromatic heterocycles. The molecule has 138 valence electrons. The third kappa shape index (κ3) is 4.28. The lowest BCUT2D eigenvalue weighted by atomic mass is 10.1. The molecule has 0 N–H and O–H groups in total. The van der Waals surface area contributed by atoms with Gasteiger partial charge >= 0.3 is 0 Å². The maximum Gasteiger partial charge on any atom is 0.246 e. The van der Waals surface area contributed by atoms with E-state index in [1.807, 2.05) is 48.4 Å². The minimum Gasteiger partial charge on any atom is -0.493 e. The molecule has 0 aliphatic carbocycles. The highest BCUT2D eigenvalue weighted by molar-refractivity contribution is 7.09. The average molecular weight is 372 g/mol. The molecule has 1 unspecified atom stereocenters. The van der Waals surface area contributed by atoms with Crippen molar-refractivity contribution in [2.75, 3.05) is 13.2 Å². The Bertz CT molecular complexity index is 783. The van der Waals surface area contributed by atoms with Crippen LogP contribution >= 0.6 is 11.3 Å². The molecule has 1 atom stereocenters. The molecule has 0 bridgehead atoms. The lowest BCUT2D eigenvalue weighted by molar-refractivity contribution is -0.126. The number of thiophene rings is 1. The molecule has 26 heavy (non-hydrogen) atoms. The maximum absolute atomic E-state index is 12.6. The van der Waals surface area contributed by atoms with E-state index in [1.165, 1.54) is 4.88 Å². The number of nitrogens with zero attached hydrogens (tertiary/aromatic N) is 1. The summed E-state index contributed by atoms with van der Waals surface area (Å²) >= 11 is 1.67. The minimum absolute atomic E-state index is 0.00173. The number of carbonyl (C=O) groups excluding carboxylic acids is 1. The van der Waals surface area contributed by atoms with Gasteiger partial charge in [-0.2, -0.15) is 0 Å². The molecule has 1 amide bonds. The molecular formula is C21H25NO3S. The highest BCUT2D eigenvalue weighted by Gasteiger charge is 2.21. The standard InChI is InChI=1S/C21H25NO3S/c1-4-22(14-18-7-6-10-26-18)21(23)9-8-16-12-20-17(11-15(3)25-20)13-19(16)24-5-2/h6-10,12-13,15H,4-5,11,14H2,1-3H3/b9-8+. The molecule has 0 radical (unpaired) electrons. The molecule has 0 saturated heterocycles. The van der Waals surface area contributed by atoms with Crippen LogP contribution in [0.3, 0.4) is 0 Å². The molecule has 0 spiro atoms. The van der Waals surface area contributed by atoms with E-state index >= 15 is 0 Å². The fourth-order valence-electron chi connectivity index (χ4n) is 3.07. The summed E-state index contributed by atoms with van der Waals surface area (Å²) in [5.74, 6) is 1.69. The van der Waals surface area contributed by atoms with E-state index in [-0.39, 0.29) is 12.0 Å². The Morgan fingerprint density at radius 2 is 2.27 bits per heavy atom. The van der Waals surface area contributed by atoms with Gasteiger partial charge in [0.25, 0.3) is 0 Å². The van der Waals surface area contributed by atoms with Crippen molar-refractivity contribution < 1.29 is 14.3 Å².